The largest absolute Gasteiger partial charge is 0.465 e. The van der Waals surface area contributed by atoms with E-state index in [0.29, 0.717) is 22.5 Å². The van der Waals surface area contributed by atoms with E-state index in [9.17, 15) is 9.59 Å². The van der Waals surface area contributed by atoms with E-state index in [0.717, 1.165) is 60.4 Å². The Morgan fingerprint density at radius 2 is 1.72 bits per heavy atom. The molecule has 0 atom stereocenters. The van der Waals surface area contributed by atoms with E-state index < -0.39 is 5.97 Å². The Morgan fingerprint density at radius 3 is 2.49 bits per heavy atom. The van der Waals surface area contributed by atoms with Crippen molar-refractivity contribution in [3.8, 4) is 0 Å². The zero-order chi connectivity index (χ0) is 26.9. The topological polar surface area (TPSA) is 89.7 Å². The molecule has 0 radical (unpaired) electrons. The molecular weight excluding hydrogens is 490 g/mol. The predicted molar refractivity (Wildman–Crippen MR) is 154 cm³/mol. The average Bonchev–Trinajstić information content (AvgIpc) is 3.56. The molecular formula is C31H31N5O3. The molecule has 1 aromatic heterocycles. The van der Waals surface area contributed by atoms with Crippen LogP contribution in [0.5, 0.6) is 0 Å². The summed E-state index contributed by atoms with van der Waals surface area (Å²) in [7, 11) is 3.51. The highest BCUT2D eigenvalue weighted by Gasteiger charge is 2.29. The Bertz CT molecular complexity index is 1580. The molecule has 2 aliphatic heterocycles. The second kappa shape index (κ2) is 10.4. The van der Waals surface area contributed by atoms with Crippen LogP contribution < -0.4 is 10.6 Å². The molecule has 6 rings (SSSR count). The fourth-order valence-corrected chi connectivity index (χ4v) is 5.26. The number of hydrogen-bond donors (Lipinski definition) is 3. The number of piperazine rings is 1. The van der Waals surface area contributed by atoms with Crippen molar-refractivity contribution in [1.82, 2.24) is 14.8 Å². The lowest BCUT2D eigenvalue weighted by atomic mass is 9.98. The molecule has 4 aromatic rings. The number of carbonyl (C=O) groups excluding carboxylic acids is 2. The van der Waals surface area contributed by atoms with E-state index in [4.69, 9.17) is 4.74 Å². The van der Waals surface area contributed by atoms with Gasteiger partial charge in [0.25, 0.3) is 5.91 Å². The third-order valence-corrected chi connectivity index (χ3v) is 7.50. The molecule has 0 bridgehead atoms. The van der Waals surface area contributed by atoms with Crippen molar-refractivity contribution in [3.63, 3.8) is 0 Å². The number of nitrogens with one attached hydrogen (secondary N) is 3. The van der Waals surface area contributed by atoms with Crippen LogP contribution in [-0.2, 0) is 16.1 Å². The molecule has 3 heterocycles. The number of likely N-dealkylation sites (N-methyl/N-ethyl adjacent to an activating group) is 1. The number of rotatable bonds is 6. The van der Waals surface area contributed by atoms with Gasteiger partial charge >= 0.3 is 5.97 Å². The van der Waals surface area contributed by atoms with Gasteiger partial charge in [-0.15, -0.1) is 0 Å². The Hall–Kier alpha value is -4.40. The number of nitrogens with zero attached hydrogens (tertiary/aromatic N) is 2. The Labute approximate surface area is 227 Å². The highest BCUT2D eigenvalue weighted by Crippen LogP contribution is 2.38. The number of hydrogen-bond acceptors (Lipinski definition) is 6. The highest BCUT2D eigenvalue weighted by molar-refractivity contribution is 6.37. The third-order valence-electron chi connectivity index (χ3n) is 7.50. The highest BCUT2D eigenvalue weighted by atomic mass is 16.5. The van der Waals surface area contributed by atoms with E-state index in [-0.39, 0.29) is 5.91 Å². The molecule has 1 amide bonds. The summed E-state index contributed by atoms with van der Waals surface area (Å²) in [4.78, 5) is 33.5. The van der Waals surface area contributed by atoms with Gasteiger partial charge in [0.2, 0.25) is 0 Å². The summed E-state index contributed by atoms with van der Waals surface area (Å²) < 4.78 is 4.86. The van der Waals surface area contributed by atoms with Crippen molar-refractivity contribution < 1.29 is 14.3 Å². The zero-order valence-electron chi connectivity index (χ0n) is 22.1. The summed E-state index contributed by atoms with van der Waals surface area (Å²) in [5.41, 5.74) is 6.99. The van der Waals surface area contributed by atoms with Gasteiger partial charge in [0, 0.05) is 61.1 Å². The number of carbonyl (C=O) groups is 2. The normalized spacial score (nSPS) is 17.1. The minimum atomic E-state index is -0.447. The van der Waals surface area contributed by atoms with Gasteiger partial charge in [-0.05, 0) is 60.6 Å². The Morgan fingerprint density at radius 1 is 0.949 bits per heavy atom. The maximum Gasteiger partial charge on any atom is 0.337 e. The molecule has 1 saturated heterocycles. The summed E-state index contributed by atoms with van der Waals surface area (Å²) in [5.74, 6) is -0.673. The molecule has 3 N–H and O–H groups in total. The van der Waals surface area contributed by atoms with Gasteiger partial charge in [0.05, 0.1) is 29.6 Å². The van der Waals surface area contributed by atoms with Crippen LogP contribution in [0, 0.1) is 0 Å². The molecule has 39 heavy (non-hydrogen) atoms. The lowest BCUT2D eigenvalue weighted by Crippen LogP contribution is -2.43. The number of methoxy groups -OCH3 is 1. The number of H-pyrrole nitrogens is 1. The smallest absolute Gasteiger partial charge is 0.337 e. The van der Waals surface area contributed by atoms with Crippen LogP contribution >= 0.6 is 0 Å². The number of esters is 1. The Kier molecular flexibility index (Phi) is 6.64. The first-order valence-electron chi connectivity index (χ1n) is 13.1. The molecule has 8 nitrogen and oxygen atoms in total. The summed E-state index contributed by atoms with van der Waals surface area (Å²) in [6, 6.07) is 21.7. The summed E-state index contributed by atoms with van der Waals surface area (Å²) in [6.45, 7) is 5.24. The molecule has 8 heteroatoms. The van der Waals surface area contributed by atoms with Crippen LogP contribution in [0.25, 0.3) is 22.2 Å². The SMILES string of the molecule is COC(=O)c1ccc2c(c1)NC(=O)C2=C(Nc1ccc(CN2CCN(C)CC2)cc1)c1ccc2[nH]ccc2c1. The number of benzene rings is 3. The van der Waals surface area contributed by atoms with Gasteiger partial charge in [-0.2, -0.15) is 0 Å². The van der Waals surface area contributed by atoms with Crippen LogP contribution in [0.3, 0.4) is 0 Å². The number of aromatic amines is 1. The quantitative estimate of drug-likeness (QED) is 0.253. The maximum atomic E-state index is 13.4. The van der Waals surface area contributed by atoms with Gasteiger partial charge < -0.3 is 25.3 Å². The van der Waals surface area contributed by atoms with Crippen LogP contribution in [0.1, 0.15) is 27.0 Å². The first-order valence-corrected chi connectivity index (χ1v) is 13.1. The van der Waals surface area contributed by atoms with Crippen molar-refractivity contribution in [2.75, 3.05) is 51.0 Å². The number of ether oxygens (including phenoxy) is 1. The lowest BCUT2D eigenvalue weighted by Gasteiger charge is -2.32. The van der Waals surface area contributed by atoms with Crippen molar-refractivity contribution in [1.29, 1.82) is 0 Å². The molecule has 0 aliphatic carbocycles. The first-order chi connectivity index (χ1) is 19.0. The number of amides is 1. The monoisotopic (exact) mass is 521 g/mol. The van der Waals surface area contributed by atoms with E-state index >= 15 is 0 Å². The fraction of sp³-hybridized carbons (Fsp3) is 0.226. The zero-order valence-corrected chi connectivity index (χ0v) is 22.1. The van der Waals surface area contributed by atoms with Gasteiger partial charge in [-0.3, -0.25) is 9.69 Å². The van der Waals surface area contributed by atoms with E-state index in [1.165, 1.54) is 12.7 Å². The summed E-state index contributed by atoms with van der Waals surface area (Å²) >= 11 is 0. The summed E-state index contributed by atoms with van der Waals surface area (Å²) in [5, 5.41) is 7.53. The predicted octanol–water partition coefficient (Wildman–Crippen LogP) is 4.63. The van der Waals surface area contributed by atoms with Crippen molar-refractivity contribution >= 4 is 45.4 Å². The maximum absolute atomic E-state index is 13.4. The van der Waals surface area contributed by atoms with Crippen molar-refractivity contribution in [2.45, 2.75) is 6.54 Å². The minimum absolute atomic E-state index is 0.227. The molecule has 3 aromatic carbocycles. The molecule has 0 spiro atoms. The Balaban J connectivity index is 1.36. The minimum Gasteiger partial charge on any atom is -0.465 e. The second-order valence-corrected chi connectivity index (χ2v) is 10.1. The number of aromatic nitrogens is 1. The van der Waals surface area contributed by atoms with Crippen LogP contribution in [-0.4, -0.2) is 67.0 Å². The van der Waals surface area contributed by atoms with E-state index in [1.807, 2.05) is 24.4 Å². The molecule has 0 saturated carbocycles. The van der Waals surface area contributed by atoms with E-state index in [2.05, 4.69) is 62.8 Å². The molecule has 2 aliphatic rings. The molecule has 198 valence electrons. The van der Waals surface area contributed by atoms with Crippen LogP contribution in [0.15, 0.2) is 72.9 Å². The van der Waals surface area contributed by atoms with Gasteiger partial charge in [-0.25, -0.2) is 4.79 Å². The van der Waals surface area contributed by atoms with Gasteiger partial charge in [-0.1, -0.05) is 24.3 Å². The van der Waals surface area contributed by atoms with Crippen LogP contribution in [0.2, 0.25) is 0 Å². The van der Waals surface area contributed by atoms with E-state index in [1.54, 1.807) is 18.2 Å². The molecule has 0 unspecified atom stereocenters. The van der Waals surface area contributed by atoms with Gasteiger partial charge in [0.1, 0.15) is 0 Å². The fourth-order valence-electron chi connectivity index (χ4n) is 5.26. The average molecular weight is 522 g/mol. The first kappa shape index (κ1) is 24.9. The van der Waals surface area contributed by atoms with Crippen molar-refractivity contribution in [3.05, 3.63) is 95.2 Å². The van der Waals surface area contributed by atoms with Crippen molar-refractivity contribution in [2.24, 2.45) is 0 Å². The molecule has 1 fully saturated rings. The number of anilines is 2. The third kappa shape index (κ3) is 5.04. The standard InChI is InChI=1S/C31H31N5O3/c1-35-13-15-36(16-14-35)19-20-3-7-24(8-4-20)33-29(22-6-10-26-21(17-22)11-12-32-26)28-25-9-5-23(31(38)39-2)18-27(25)34-30(28)37/h3-12,17-18,32-33H,13-16,19H2,1-2H3,(H,34,37). The lowest BCUT2D eigenvalue weighted by molar-refractivity contribution is -0.110. The van der Waals surface area contributed by atoms with Gasteiger partial charge in [0.15, 0.2) is 0 Å². The second-order valence-electron chi connectivity index (χ2n) is 10.1. The van der Waals surface area contributed by atoms with Crippen LogP contribution in [0.4, 0.5) is 11.4 Å². The summed E-state index contributed by atoms with van der Waals surface area (Å²) in [6.07, 6.45) is 1.90. The number of fused-ring (bicyclic) bond motifs is 2.